The van der Waals surface area contributed by atoms with Gasteiger partial charge in [0.1, 0.15) is 24.5 Å². The Kier molecular flexibility index (Phi) is 5.33. The summed E-state index contributed by atoms with van der Waals surface area (Å²) in [4.78, 5) is 0. The van der Waals surface area contributed by atoms with Gasteiger partial charge in [-0.05, 0) is 23.3 Å². The zero-order valence-electron chi connectivity index (χ0n) is 18.1. The van der Waals surface area contributed by atoms with Crippen LogP contribution in [0.3, 0.4) is 0 Å². The minimum absolute atomic E-state index is 0.115. The van der Waals surface area contributed by atoms with Crippen LogP contribution in [0.2, 0.25) is 0 Å². The molecule has 3 aliphatic rings. The van der Waals surface area contributed by atoms with Crippen molar-refractivity contribution in [3.8, 4) is 5.75 Å². The molecular weight excluding hydrogens is 382 g/mol. The van der Waals surface area contributed by atoms with E-state index in [0.29, 0.717) is 0 Å². The van der Waals surface area contributed by atoms with E-state index in [2.05, 4.69) is 24.3 Å². The van der Waals surface area contributed by atoms with E-state index >= 15 is 0 Å². The number of benzene rings is 3. The van der Waals surface area contributed by atoms with Gasteiger partial charge in [0.25, 0.3) is 0 Å². The van der Waals surface area contributed by atoms with E-state index in [0.717, 1.165) is 73.4 Å². The van der Waals surface area contributed by atoms with Crippen molar-refractivity contribution < 1.29 is 14.3 Å². The normalized spacial score (nSPS) is 25.3. The van der Waals surface area contributed by atoms with Crippen LogP contribution in [-0.4, -0.2) is 42.4 Å². The minimum Gasteiger partial charge on any atom is -0.488 e. The molecule has 3 heteroatoms. The highest BCUT2D eigenvalue weighted by Crippen LogP contribution is 2.57. The number of piperidine rings is 3. The highest BCUT2D eigenvalue weighted by atomic mass is 16.5. The quantitative estimate of drug-likeness (QED) is 0.551. The van der Waals surface area contributed by atoms with Gasteiger partial charge in [-0.25, -0.2) is 0 Å². The first-order chi connectivity index (χ1) is 15.2. The van der Waals surface area contributed by atoms with Crippen molar-refractivity contribution in [2.45, 2.75) is 24.9 Å². The molecule has 160 valence electrons. The summed E-state index contributed by atoms with van der Waals surface area (Å²) >= 11 is 0. The molecule has 0 radical (unpaired) electrons. The minimum atomic E-state index is -0.952. The first kappa shape index (κ1) is 20.3. The van der Waals surface area contributed by atoms with Crippen molar-refractivity contribution in [1.82, 2.24) is 0 Å². The third kappa shape index (κ3) is 3.56. The van der Waals surface area contributed by atoms with Crippen LogP contribution in [0.1, 0.15) is 30.4 Å². The summed E-state index contributed by atoms with van der Waals surface area (Å²) in [6, 6.07) is 30.8. The van der Waals surface area contributed by atoms with Gasteiger partial charge in [-0.3, -0.25) is 0 Å². The van der Waals surface area contributed by atoms with Crippen molar-refractivity contribution in [1.29, 1.82) is 0 Å². The topological polar surface area (TPSA) is 29.5 Å². The molecule has 0 saturated carbocycles. The van der Waals surface area contributed by atoms with E-state index in [4.69, 9.17) is 4.74 Å². The number of hydrogen-bond donors (Lipinski definition) is 1. The van der Waals surface area contributed by atoms with Crippen LogP contribution in [0.15, 0.2) is 91.0 Å². The fourth-order valence-corrected chi connectivity index (χ4v) is 5.95. The molecule has 0 atom stereocenters. The van der Waals surface area contributed by atoms with Gasteiger partial charge in [-0.2, -0.15) is 0 Å². The summed E-state index contributed by atoms with van der Waals surface area (Å²) < 4.78 is 7.14. The number of nitrogens with zero attached hydrogens (tertiary/aromatic N) is 1. The average molecular weight is 415 g/mol. The molecule has 3 nitrogen and oxygen atoms in total. The molecule has 0 amide bonds. The van der Waals surface area contributed by atoms with Crippen molar-refractivity contribution >= 4 is 0 Å². The van der Waals surface area contributed by atoms with Crippen LogP contribution in [0.5, 0.6) is 5.75 Å². The molecule has 3 heterocycles. The van der Waals surface area contributed by atoms with Crippen LogP contribution in [0.4, 0.5) is 0 Å². The Balaban J connectivity index is 1.36. The first-order valence-corrected chi connectivity index (χ1v) is 11.5. The van der Waals surface area contributed by atoms with Gasteiger partial charge in [0.2, 0.25) is 0 Å². The highest BCUT2D eigenvalue weighted by Gasteiger charge is 2.60. The third-order valence-corrected chi connectivity index (χ3v) is 7.92. The molecule has 3 saturated heterocycles. The maximum absolute atomic E-state index is 12.4. The molecule has 3 aromatic rings. The maximum Gasteiger partial charge on any atom is 0.137 e. The third-order valence-electron chi connectivity index (χ3n) is 7.92. The maximum atomic E-state index is 12.4. The largest absolute Gasteiger partial charge is 0.488 e. The number of ether oxygens (including phenoxy) is 1. The lowest BCUT2D eigenvalue weighted by Crippen LogP contribution is -2.67. The fraction of sp³-hybridized carbons (Fsp3) is 0.357. The molecule has 0 unspecified atom stereocenters. The monoisotopic (exact) mass is 414 g/mol. The number of aliphatic hydroxyl groups is 1. The van der Waals surface area contributed by atoms with Crippen LogP contribution in [0.25, 0.3) is 0 Å². The Labute approximate surface area is 185 Å². The Morgan fingerprint density at radius 2 is 1.16 bits per heavy atom. The van der Waals surface area contributed by atoms with E-state index in [-0.39, 0.29) is 5.41 Å². The van der Waals surface area contributed by atoms with E-state index in [1.54, 1.807) is 0 Å². The standard InChI is InChI=1S/C28H32NO2/c30-28(24-10-4-1-5-11-24,25-12-6-2-7-13-25)27-16-19-29(20-17-27,21-18-27)22-23-31-26-14-8-3-9-15-26/h1-15,30H,16-23H2/q+1. The Bertz CT molecular complexity index is 923. The van der Waals surface area contributed by atoms with Gasteiger partial charge in [0.15, 0.2) is 0 Å². The molecule has 2 bridgehead atoms. The van der Waals surface area contributed by atoms with Crippen LogP contribution < -0.4 is 4.74 Å². The van der Waals surface area contributed by atoms with Crippen molar-refractivity contribution in [3.63, 3.8) is 0 Å². The number of para-hydroxylation sites is 1. The molecule has 3 aliphatic heterocycles. The van der Waals surface area contributed by atoms with E-state index in [1.165, 1.54) is 0 Å². The van der Waals surface area contributed by atoms with Crippen LogP contribution in [-0.2, 0) is 5.60 Å². The van der Waals surface area contributed by atoms with Gasteiger partial charge in [0.05, 0.1) is 19.6 Å². The smallest absolute Gasteiger partial charge is 0.137 e. The summed E-state index contributed by atoms with van der Waals surface area (Å²) in [7, 11) is 0. The molecule has 6 rings (SSSR count). The summed E-state index contributed by atoms with van der Waals surface area (Å²) in [5.74, 6) is 0.951. The molecule has 31 heavy (non-hydrogen) atoms. The van der Waals surface area contributed by atoms with Crippen molar-refractivity contribution in [2.75, 3.05) is 32.8 Å². The average Bonchev–Trinajstić information content (AvgIpc) is 2.86. The van der Waals surface area contributed by atoms with Crippen molar-refractivity contribution in [2.24, 2.45) is 5.41 Å². The summed E-state index contributed by atoms with van der Waals surface area (Å²) in [5, 5.41) is 12.4. The number of rotatable bonds is 7. The Hall–Kier alpha value is -2.62. The van der Waals surface area contributed by atoms with E-state index < -0.39 is 5.60 Å². The molecular formula is C28H32NO2+. The van der Waals surface area contributed by atoms with Crippen LogP contribution >= 0.6 is 0 Å². The Morgan fingerprint density at radius 1 is 0.710 bits per heavy atom. The predicted molar refractivity (Wildman–Crippen MR) is 124 cm³/mol. The molecule has 0 spiro atoms. The molecule has 0 aromatic heterocycles. The lowest BCUT2D eigenvalue weighted by molar-refractivity contribution is -0.946. The molecule has 0 aliphatic carbocycles. The van der Waals surface area contributed by atoms with Gasteiger partial charge in [-0.1, -0.05) is 78.9 Å². The predicted octanol–water partition coefficient (Wildman–Crippen LogP) is 5.00. The van der Waals surface area contributed by atoms with Gasteiger partial charge in [0, 0.05) is 24.7 Å². The second-order valence-corrected chi connectivity index (χ2v) is 9.37. The number of quaternary nitrogens is 1. The SMILES string of the molecule is OC(c1ccccc1)(c1ccccc1)C12CC[N+](CCOc3ccccc3)(CC1)CC2. The molecule has 1 N–H and O–H groups in total. The van der Waals surface area contributed by atoms with Gasteiger partial charge < -0.3 is 14.3 Å². The lowest BCUT2D eigenvalue weighted by atomic mass is 9.56. The van der Waals surface area contributed by atoms with Gasteiger partial charge in [-0.15, -0.1) is 0 Å². The zero-order valence-corrected chi connectivity index (χ0v) is 18.1. The molecule has 3 fully saturated rings. The number of fused-ring (bicyclic) bond motifs is 3. The summed E-state index contributed by atoms with van der Waals surface area (Å²) in [6.45, 7) is 5.12. The van der Waals surface area contributed by atoms with Crippen LogP contribution in [0, 0.1) is 5.41 Å². The van der Waals surface area contributed by atoms with E-state index in [1.807, 2.05) is 66.7 Å². The highest BCUT2D eigenvalue weighted by molar-refractivity contribution is 5.39. The zero-order chi connectivity index (χ0) is 21.2. The fourth-order valence-electron chi connectivity index (χ4n) is 5.95. The summed E-state index contributed by atoms with van der Waals surface area (Å²) in [6.07, 6.45) is 3.12. The van der Waals surface area contributed by atoms with E-state index in [9.17, 15) is 5.11 Å². The second kappa shape index (κ2) is 8.14. The summed E-state index contributed by atoms with van der Waals surface area (Å²) in [5.41, 5.74) is 0.980. The van der Waals surface area contributed by atoms with Gasteiger partial charge >= 0.3 is 0 Å². The number of hydrogen-bond acceptors (Lipinski definition) is 2. The Morgan fingerprint density at radius 3 is 1.65 bits per heavy atom. The second-order valence-electron chi connectivity index (χ2n) is 9.37. The molecule has 3 aromatic carbocycles. The first-order valence-electron chi connectivity index (χ1n) is 11.5. The van der Waals surface area contributed by atoms with Crippen molar-refractivity contribution in [3.05, 3.63) is 102 Å². The lowest BCUT2D eigenvalue weighted by Gasteiger charge is -2.60.